The first-order valence-corrected chi connectivity index (χ1v) is 10.3. The average molecular weight is 392 g/mol. The third-order valence-electron chi connectivity index (χ3n) is 5.08. The number of amides is 1. The molecule has 8 nitrogen and oxygen atoms in total. The summed E-state index contributed by atoms with van der Waals surface area (Å²) in [6, 6.07) is 0. The zero-order valence-corrected chi connectivity index (χ0v) is 18.4. The van der Waals surface area contributed by atoms with Crippen molar-refractivity contribution < 1.29 is 4.79 Å². The van der Waals surface area contributed by atoms with Crippen LogP contribution in [0.5, 0.6) is 0 Å². The number of hydrogen-bond donors (Lipinski definition) is 1. The molecular formula is C20H37N7O. The predicted molar refractivity (Wildman–Crippen MR) is 113 cm³/mol. The lowest BCUT2D eigenvalue weighted by Gasteiger charge is -2.33. The lowest BCUT2D eigenvalue weighted by Crippen LogP contribution is -2.48. The van der Waals surface area contributed by atoms with Gasteiger partial charge in [-0.2, -0.15) is 5.10 Å². The molecule has 0 atom stereocenters. The minimum Gasteiger partial charge on any atom is -0.357 e. The molecule has 0 spiro atoms. The number of aromatic nitrogens is 2. The summed E-state index contributed by atoms with van der Waals surface area (Å²) in [7, 11) is 4.05. The summed E-state index contributed by atoms with van der Waals surface area (Å²) in [6.07, 6.45) is 2.10. The Morgan fingerprint density at radius 2 is 2.00 bits per heavy atom. The molecule has 1 aromatic heterocycles. The van der Waals surface area contributed by atoms with Crippen molar-refractivity contribution in [2.75, 3.05) is 52.9 Å². The third-order valence-corrected chi connectivity index (χ3v) is 5.08. The first kappa shape index (κ1) is 22.2. The Balaban J connectivity index is 1.92. The van der Waals surface area contributed by atoms with Gasteiger partial charge in [0.2, 0.25) is 5.91 Å². The van der Waals surface area contributed by atoms with Gasteiger partial charge >= 0.3 is 0 Å². The van der Waals surface area contributed by atoms with Gasteiger partial charge in [-0.3, -0.25) is 19.4 Å². The number of aliphatic imine (C=N–C) groups is 1. The SMILES string of the molecule is CCNC(=NCCN1CCN(C(C)=O)CC1)N(C)Cc1cn(C)nc1C(C)C. The Morgan fingerprint density at radius 1 is 1.32 bits per heavy atom. The summed E-state index contributed by atoms with van der Waals surface area (Å²) in [5, 5.41) is 8.00. The van der Waals surface area contributed by atoms with Crippen LogP contribution in [-0.2, 0) is 18.4 Å². The number of hydrogen-bond acceptors (Lipinski definition) is 4. The van der Waals surface area contributed by atoms with E-state index in [0.717, 1.165) is 64.0 Å². The van der Waals surface area contributed by atoms with Crippen molar-refractivity contribution in [2.45, 2.75) is 40.2 Å². The van der Waals surface area contributed by atoms with Crippen LogP contribution in [0, 0.1) is 0 Å². The molecule has 8 heteroatoms. The molecule has 1 fully saturated rings. The lowest BCUT2D eigenvalue weighted by atomic mass is 10.1. The third kappa shape index (κ3) is 6.22. The van der Waals surface area contributed by atoms with Crippen molar-refractivity contribution in [3.63, 3.8) is 0 Å². The molecule has 0 saturated carbocycles. The van der Waals surface area contributed by atoms with Crippen LogP contribution in [0.2, 0.25) is 0 Å². The second-order valence-electron chi connectivity index (χ2n) is 7.81. The number of nitrogens with zero attached hydrogens (tertiary/aromatic N) is 6. The van der Waals surface area contributed by atoms with E-state index >= 15 is 0 Å². The molecule has 2 rings (SSSR count). The van der Waals surface area contributed by atoms with Gasteiger partial charge in [0.15, 0.2) is 5.96 Å². The Hall–Kier alpha value is -2.09. The van der Waals surface area contributed by atoms with Crippen LogP contribution in [0.4, 0.5) is 0 Å². The van der Waals surface area contributed by atoms with Gasteiger partial charge in [-0.25, -0.2) is 0 Å². The molecule has 0 aromatic carbocycles. The summed E-state index contributed by atoms with van der Waals surface area (Å²) in [5.74, 6) is 1.49. The van der Waals surface area contributed by atoms with E-state index in [1.165, 1.54) is 5.56 Å². The van der Waals surface area contributed by atoms with Gasteiger partial charge in [-0.1, -0.05) is 13.8 Å². The summed E-state index contributed by atoms with van der Waals surface area (Å²) in [6.45, 7) is 14.9. The van der Waals surface area contributed by atoms with Gasteiger partial charge in [0.25, 0.3) is 0 Å². The Kier molecular flexibility index (Phi) is 8.29. The molecule has 2 heterocycles. The van der Waals surface area contributed by atoms with E-state index in [9.17, 15) is 4.79 Å². The molecule has 0 radical (unpaired) electrons. The average Bonchev–Trinajstić information content (AvgIpc) is 3.01. The van der Waals surface area contributed by atoms with Crippen molar-refractivity contribution in [3.05, 3.63) is 17.5 Å². The number of guanidine groups is 1. The topological polar surface area (TPSA) is 69.0 Å². The van der Waals surface area contributed by atoms with E-state index in [-0.39, 0.29) is 5.91 Å². The van der Waals surface area contributed by atoms with Crippen LogP contribution in [0.25, 0.3) is 0 Å². The maximum atomic E-state index is 11.4. The smallest absolute Gasteiger partial charge is 0.219 e. The highest BCUT2D eigenvalue weighted by atomic mass is 16.2. The molecule has 28 heavy (non-hydrogen) atoms. The van der Waals surface area contributed by atoms with Gasteiger partial charge < -0.3 is 15.1 Å². The van der Waals surface area contributed by atoms with Crippen LogP contribution in [0.3, 0.4) is 0 Å². The Morgan fingerprint density at radius 3 is 2.57 bits per heavy atom. The summed E-state index contributed by atoms with van der Waals surface area (Å²) >= 11 is 0. The molecule has 0 aliphatic carbocycles. The highest BCUT2D eigenvalue weighted by Gasteiger charge is 2.18. The van der Waals surface area contributed by atoms with Crippen LogP contribution in [-0.4, -0.2) is 89.2 Å². The molecule has 0 bridgehead atoms. The first-order chi connectivity index (χ1) is 13.3. The normalized spacial score (nSPS) is 16.0. The molecule has 1 saturated heterocycles. The maximum Gasteiger partial charge on any atom is 0.219 e. The molecule has 1 aromatic rings. The minimum atomic E-state index is 0.171. The predicted octanol–water partition coefficient (Wildman–Crippen LogP) is 1.10. The number of nitrogens with one attached hydrogen (secondary N) is 1. The second kappa shape index (κ2) is 10.5. The van der Waals surface area contributed by atoms with E-state index in [1.54, 1.807) is 6.92 Å². The van der Waals surface area contributed by atoms with Gasteiger partial charge in [0.1, 0.15) is 0 Å². The number of carbonyl (C=O) groups excluding carboxylic acids is 1. The van der Waals surface area contributed by atoms with Gasteiger partial charge in [-0.15, -0.1) is 0 Å². The number of rotatable bonds is 7. The largest absolute Gasteiger partial charge is 0.357 e. The standard InChI is InChI=1S/C20H37N7O/c1-7-21-20(22-8-9-26-10-12-27(13-11-26)17(4)28)24(5)14-18-15-25(6)23-19(18)16(2)3/h15-16H,7-14H2,1-6H3,(H,21,22). The van der Waals surface area contributed by atoms with Crippen molar-refractivity contribution in [3.8, 4) is 0 Å². The van der Waals surface area contributed by atoms with Crippen LogP contribution >= 0.6 is 0 Å². The highest BCUT2D eigenvalue weighted by Crippen LogP contribution is 2.18. The van der Waals surface area contributed by atoms with E-state index in [2.05, 4.69) is 54.2 Å². The summed E-state index contributed by atoms with van der Waals surface area (Å²) < 4.78 is 1.89. The van der Waals surface area contributed by atoms with Crippen molar-refractivity contribution in [1.29, 1.82) is 0 Å². The fourth-order valence-electron chi connectivity index (χ4n) is 3.55. The first-order valence-electron chi connectivity index (χ1n) is 10.3. The highest BCUT2D eigenvalue weighted by molar-refractivity contribution is 5.79. The van der Waals surface area contributed by atoms with Crippen LogP contribution in [0.15, 0.2) is 11.2 Å². The Labute approximate surface area is 169 Å². The van der Waals surface area contributed by atoms with Gasteiger partial charge in [0, 0.05) is 78.6 Å². The molecule has 0 unspecified atom stereocenters. The number of aryl methyl sites for hydroxylation is 1. The molecule has 1 amide bonds. The second-order valence-corrected chi connectivity index (χ2v) is 7.81. The van der Waals surface area contributed by atoms with E-state index < -0.39 is 0 Å². The molecule has 158 valence electrons. The van der Waals surface area contributed by atoms with Crippen LogP contribution < -0.4 is 5.32 Å². The molecule has 1 N–H and O–H groups in total. The van der Waals surface area contributed by atoms with E-state index in [0.29, 0.717) is 5.92 Å². The summed E-state index contributed by atoms with van der Waals surface area (Å²) in [5.41, 5.74) is 2.39. The lowest BCUT2D eigenvalue weighted by molar-refractivity contribution is -0.130. The minimum absolute atomic E-state index is 0.171. The van der Waals surface area contributed by atoms with Crippen molar-refractivity contribution in [1.82, 2.24) is 29.8 Å². The van der Waals surface area contributed by atoms with Gasteiger partial charge in [0.05, 0.1) is 12.2 Å². The van der Waals surface area contributed by atoms with Gasteiger partial charge in [-0.05, 0) is 12.8 Å². The van der Waals surface area contributed by atoms with Crippen molar-refractivity contribution in [2.24, 2.45) is 12.0 Å². The molecular weight excluding hydrogens is 354 g/mol. The number of piperazine rings is 1. The number of carbonyl (C=O) groups is 1. The molecule has 1 aliphatic heterocycles. The maximum absolute atomic E-state index is 11.4. The fourth-order valence-corrected chi connectivity index (χ4v) is 3.55. The zero-order valence-electron chi connectivity index (χ0n) is 18.4. The quantitative estimate of drug-likeness (QED) is 0.557. The van der Waals surface area contributed by atoms with E-state index in [1.807, 2.05) is 16.6 Å². The zero-order chi connectivity index (χ0) is 20.7. The Bertz CT molecular complexity index is 660. The van der Waals surface area contributed by atoms with Crippen LogP contribution in [0.1, 0.15) is 44.9 Å². The van der Waals surface area contributed by atoms with Crippen molar-refractivity contribution >= 4 is 11.9 Å². The fraction of sp³-hybridized carbons (Fsp3) is 0.750. The monoisotopic (exact) mass is 391 g/mol. The summed E-state index contributed by atoms with van der Waals surface area (Å²) in [4.78, 5) is 22.7. The molecule has 1 aliphatic rings. The van der Waals surface area contributed by atoms with E-state index in [4.69, 9.17) is 4.99 Å².